The van der Waals surface area contributed by atoms with Gasteiger partial charge >= 0.3 is 0 Å². The highest BCUT2D eigenvalue weighted by atomic mass is 19.1. The summed E-state index contributed by atoms with van der Waals surface area (Å²) >= 11 is 0. The van der Waals surface area contributed by atoms with Crippen molar-refractivity contribution < 1.29 is 14.3 Å². The van der Waals surface area contributed by atoms with Crippen LogP contribution in [0.15, 0.2) is 60.7 Å². The smallest absolute Gasteiger partial charge is 0.173 e. The Morgan fingerprint density at radius 3 is 2.00 bits per heavy atom. The lowest BCUT2D eigenvalue weighted by Gasteiger charge is -2.10. The number of hydrogen-bond donors (Lipinski definition) is 1. The molecule has 3 aromatic rings. The van der Waals surface area contributed by atoms with E-state index in [1.165, 1.54) is 11.6 Å². The molecule has 0 atom stereocenters. The first-order valence-electron chi connectivity index (χ1n) is 10.3. The molecule has 0 aliphatic heterocycles. The van der Waals surface area contributed by atoms with E-state index in [0.29, 0.717) is 17.5 Å². The largest absolute Gasteiger partial charge is 0.504 e. The van der Waals surface area contributed by atoms with Gasteiger partial charge in [-0.1, -0.05) is 81.3 Å². The molecule has 0 aromatic heterocycles. The molecule has 2 nitrogen and oxygen atoms in total. The van der Waals surface area contributed by atoms with Gasteiger partial charge < -0.3 is 5.11 Å². The highest BCUT2D eigenvalue weighted by Crippen LogP contribution is 2.33. The normalized spacial score (nSPS) is 10.9. The first kappa shape index (κ1) is 20.8. The van der Waals surface area contributed by atoms with Crippen LogP contribution < -0.4 is 0 Å². The molecule has 29 heavy (non-hydrogen) atoms. The Labute approximate surface area is 172 Å². The van der Waals surface area contributed by atoms with Crippen LogP contribution in [0.25, 0.3) is 22.3 Å². The first-order chi connectivity index (χ1) is 14.0. The van der Waals surface area contributed by atoms with E-state index >= 15 is 0 Å². The standard InChI is InChI=1S/C26H27FO2/c1-3-5-7-24(28)23-17-16-22(25(27)26(23)29)21-14-12-20(13-15-21)19-10-8-18(6-4-2)9-11-19/h8-17,29H,3-7H2,1-2H3. The number of aromatic hydroxyl groups is 1. The van der Waals surface area contributed by atoms with Gasteiger partial charge in [-0.2, -0.15) is 0 Å². The molecule has 150 valence electrons. The number of Topliss-reactive ketones (excluding diaryl/α,β-unsaturated/α-hetero) is 1. The third-order valence-electron chi connectivity index (χ3n) is 5.20. The zero-order chi connectivity index (χ0) is 20.8. The molecular formula is C26H27FO2. The van der Waals surface area contributed by atoms with Crippen LogP contribution in [0.1, 0.15) is 55.5 Å². The van der Waals surface area contributed by atoms with Crippen molar-refractivity contribution in [2.24, 2.45) is 0 Å². The molecule has 3 aromatic carbocycles. The predicted molar refractivity (Wildman–Crippen MR) is 117 cm³/mol. The number of phenols is 1. The van der Waals surface area contributed by atoms with Crippen molar-refractivity contribution in [3.8, 4) is 28.0 Å². The second-order valence-electron chi connectivity index (χ2n) is 7.37. The Balaban J connectivity index is 1.84. The summed E-state index contributed by atoms with van der Waals surface area (Å²) in [5.41, 5.74) is 4.49. The second-order valence-corrected chi connectivity index (χ2v) is 7.37. The highest BCUT2D eigenvalue weighted by Gasteiger charge is 2.18. The van der Waals surface area contributed by atoms with E-state index in [-0.39, 0.29) is 11.3 Å². The molecule has 0 saturated heterocycles. The van der Waals surface area contributed by atoms with E-state index in [9.17, 15) is 14.3 Å². The zero-order valence-electron chi connectivity index (χ0n) is 17.0. The highest BCUT2D eigenvalue weighted by molar-refractivity contribution is 5.99. The Morgan fingerprint density at radius 2 is 1.41 bits per heavy atom. The van der Waals surface area contributed by atoms with Crippen molar-refractivity contribution >= 4 is 5.78 Å². The number of rotatable bonds is 8. The number of unbranched alkanes of at least 4 members (excludes halogenated alkanes) is 1. The fourth-order valence-electron chi connectivity index (χ4n) is 3.48. The Kier molecular flexibility index (Phi) is 6.82. The van der Waals surface area contributed by atoms with Gasteiger partial charge in [-0.3, -0.25) is 4.79 Å². The van der Waals surface area contributed by atoms with Crippen LogP contribution >= 0.6 is 0 Å². The predicted octanol–water partition coefficient (Wildman–Crippen LogP) is 7.19. The number of aryl methyl sites for hydroxylation is 1. The van der Waals surface area contributed by atoms with Crippen LogP contribution in [0.5, 0.6) is 5.75 Å². The van der Waals surface area contributed by atoms with Crippen molar-refractivity contribution in [2.75, 3.05) is 0 Å². The maximum Gasteiger partial charge on any atom is 0.173 e. The number of halogens is 1. The van der Waals surface area contributed by atoms with Crippen LogP contribution in [0.2, 0.25) is 0 Å². The minimum Gasteiger partial charge on any atom is -0.504 e. The maximum absolute atomic E-state index is 14.8. The third-order valence-corrected chi connectivity index (χ3v) is 5.20. The van der Waals surface area contributed by atoms with Crippen LogP contribution in [-0.4, -0.2) is 10.9 Å². The average molecular weight is 390 g/mol. The number of carbonyl (C=O) groups excluding carboxylic acids is 1. The molecule has 0 spiro atoms. The summed E-state index contributed by atoms with van der Waals surface area (Å²) in [6, 6.07) is 19.1. The molecule has 0 aliphatic carbocycles. The summed E-state index contributed by atoms with van der Waals surface area (Å²) in [6.45, 7) is 4.15. The van der Waals surface area contributed by atoms with Crippen molar-refractivity contribution in [3.05, 3.63) is 77.6 Å². The summed E-state index contributed by atoms with van der Waals surface area (Å²) < 4.78 is 14.8. The SMILES string of the molecule is CCCCC(=O)c1ccc(-c2ccc(-c3ccc(CCC)cc3)cc2)c(F)c1O. The van der Waals surface area contributed by atoms with Gasteiger partial charge in [-0.05, 0) is 41.2 Å². The van der Waals surface area contributed by atoms with Gasteiger partial charge in [0.2, 0.25) is 0 Å². The van der Waals surface area contributed by atoms with Crippen LogP contribution in [0, 0.1) is 5.82 Å². The number of phenolic OH excluding ortho intramolecular Hbond substituents is 1. The summed E-state index contributed by atoms with van der Waals surface area (Å²) in [7, 11) is 0. The lowest BCUT2D eigenvalue weighted by molar-refractivity contribution is 0.0976. The third kappa shape index (κ3) is 4.73. The lowest BCUT2D eigenvalue weighted by atomic mass is 9.96. The number of hydrogen-bond acceptors (Lipinski definition) is 2. The molecule has 0 amide bonds. The van der Waals surface area contributed by atoms with E-state index in [1.807, 2.05) is 31.2 Å². The van der Waals surface area contributed by atoms with E-state index in [1.54, 1.807) is 6.07 Å². The Morgan fingerprint density at radius 1 is 0.828 bits per heavy atom. The van der Waals surface area contributed by atoms with E-state index < -0.39 is 11.6 Å². The fraction of sp³-hybridized carbons (Fsp3) is 0.269. The van der Waals surface area contributed by atoms with Crippen molar-refractivity contribution in [1.29, 1.82) is 0 Å². The molecule has 0 aliphatic rings. The molecular weight excluding hydrogens is 363 g/mol. The monoisotopic (exact) mass is 390 g/mol. The molecule has 1 N–H and O–H groups in total. The number of benzene rings is 3. The van der Waals surface area contributed by atoms with E-state index in [2.05, 4.69) is 31.2 Å². The van der Waals surface area contributed by atoms with Crippen LogP contribution in [-0.2, 0) is 6.42 Å². The maximum atomic E-state index is 14.8. The zero-order valence-corrected chi connectivity index (χ0v) is 17.0. The van der Waals surface area contributed by atoms with Gasteiger partial charge in [-0.25, -0.2) is 4.39 Å². The molecule has 0 unspecified atom stereocenters. The minimum absolute atomic E-state index is 0.0588. The topological polar surface area (TPSA) is 37.3 Å². The van der Waals surface area contributed by atoms with Crippen molar-refractivity contribution in [3.63, 3.8) is 0 Å². The first-order valence-corrected chi connectivity index (χ1v) is 10.3. The van der Waals surface area contributed by atoms with E-state index in [0.717, 1.165) is 36.8 Å². The minimum atomic E-state index is -0.746. The van der Waals surface area contributed by atoms with Crippen molar-refractivity contribution in [1.82, 2.24) is 0 Å². The lowest BCUT2D eigenvalue weighted by Crippen LogP contribution is -2.01. The molecule has 0 fully saturated rings. The molecule has 0 radical (unpaired) electrons. The van der Waals surface area contributed by atoms with Gasteiger partial charge in [0, 0.05) is 12.0 Å². The van der Waals surface area contributed by atoms with Crippen molar-refractivity contribution in [2.45, 2.75) is 46.0 Å². The van der Waals surface area contributed by atoms with Gasteiger partial charge in [-0.15, -0.1) is 0 Å². The summed E-state index contributed by atoms with van der Waals surface area (Å²) in [4.78, 5) is 12.2. The molecule has 3 rings (SSSR count). The quantitative estimate of drug-likeness (QED) is 0.413. The molecule has 3 heteroatoms. The Hall–Kier alpha value is -2.94. The average Bonchev–Trinajstić information content (AvgIpc) is 2.75. The second kappa shape index (κ2) is 9.51. The van der Waals surface area contributed by atoms with Crippen LogP contribution in [0.4, 0.5) is 4.39 Å². The van der Waals surface area contributed by atoms with Crippen LogP contribution in [0.3, 0.4) is 0 Å². The number of ketones is 1. The van der Waals surface area contributed by atoms with Gasteiger partial charge in [0.15, 0.2) is 17.3 Å². The summed E-state index contributed by atoms with van der Waals surface area (Å²) in [5.74, 6) is -1.53. The molecule has 0 saturated carbocycles. The van der Waals surface area contributed by atoms with E-state index in [4.69, 9.17) is 0 Å². The van der Waals surface area contributed by atoms with Gasteiger partial charge in [0.05, 0.1) is 5.56 Å². The Bertz CT molecular complexity index is 973. The summed E-state index contributed by atoms with van der Waals surface area (Å²) in [6.07, 6.45) is 4.10. The fourth-order valence-corrected chi connectivity index (χ4v) is 3.48. The van der Waals surface area contributed by atoms with Gasteiger partial charge in [0.25, 0.3) is 0 Å². The molecule has 0 bridgehead atoms. The summed E-state index contributed by atoms with van der Waals surface area (Å²) in [5, 5.41) is 10.2. The number of carbonyl (C=O) groups is 1. The molecule has 0 heterocycles. The van der Waals surface area contributed by atoms with Gasteiger partial charge in [0.1, 0.15) is 0 Å².